The van der Waals surface area contributed by atoms with Gasteiger partial charge < -0.3 is 15.6 Å². The van der Waals surface area contributed by atoms with Crippen LogP contribution in [0.1, 0.15) is 5.69 Å². The van der Waals surface area contributed by atoms with Crippen LogP contribution in [0.25, 0.3) is 0 Å². The van der Waals surface area contributed by atoms with Crippen molar-refractivity contribution in [3.63, 3.8) is 0 Å². The Bertz CT molecular complexity index is 479. The summed E-state index contributed by atoms with van der Waals surface area (Å²) in [6.45, 7) is 0.830. The monoisotopic (exact) mass is 233 g/mol. The molecular weight excluding hydrogens is 217 g/mol. The second-order valence-corrected chi connectivity index (χ2v) is 4.07. The van der Waals surface area contributed by atoms with Gasteiger partial charge in [0.2, 0.25) is 0 Å². The van der Waals surface area contributed by atoms with E-state index in [1.807, 2.05) is 30.3 Å². The first kappa shape index (κ1) is 11.5. The minimum atomic E-state index is -0.302. The van der Waals surface area contributed by atoms with E-state index in [4.69, 9.17) is 5.73 Å². The van der Waals surface area contributed by atoms with Crippen molar-refractivity contribution in [2.75, 3.05) is 24.2 Å². The van der Waals surface area contributed by atoms with E-state index in [9.17, 15) is 4.39 Å². The van der Waals surface area contributed by atoms with Crippen LogP contribution in [-0.2, 0) is 6.42 Å². The Morgan fingerprint density at radius 3 is 2.82 bits per heavy atom. The van der Waals surface area contributed by atoms with Crippen molar-refractivity contribution in [1.82, 2.24) is 4.98 Å². The van der Waals surface area contributed by atoms with E-state index in [1.165, 1.54) is 17.8 Å². The van der Waals surface area contributed by atoms with Crippen LogP contribution in [0.2, 0.25) is 0 Å². The fourth-order valence-electron chi connectivity index (χ4n) is 1.80. The molecule has 0 bridgehead atoms. The van der Waals surface area contributed by atoms with Crippen molar-refractivity contribution in [2.45, 2.75) is 6.42 Å². The highest BCUT2D eigenvalue weighted by molar-refractivity contribution is 5.67. The Kier molecular flexibility index (Phi) is 3.32. The molecule has 0 unspecified atom stereocenters. The van der Waals surface area contributed by atoms with Crippen molar-refractivity contribution in [3.8, 4) is 0 Å². The van der Waals surface area contributed by atoms with Crippen LogP contribution >= 0.6 is 0 Å². The summed E-state index contributed by atoms with van der Waals surface area (Å²) in [5, 5.41) is 0. The molecule has 17 heavy (non-hydrogen) atoms. The average molecular weight is 233 g/mol. The van der Waals surface area contributed by atoms with E-state index in [-0.39, 0.29) is 5.82 Å². The summed E-state index contributed by atoms with van der Waals surface area (Å²) in [5.41, 5.74) is 8.29. The highest BCUT2D eigenvalue weighted by atomic mass is 19.1. The van der Waals surface area contributed by atoms with Crippen molar-refractivity contribution < 1.29 is 4.39 Å². The maximum absolute atomic E-state index is 12.9. The summed E-state index contributed by atoms with van der Waals surface area (Å²) >= 11 is 0. The molecule has 0 aliphatic heterocycles. The van der Waals surface area contributed by atoms with Crippen molar-refractivity contribution in [3.05, 3.63) is 48.0 Å². The highest BCUT2D eigenvalue weighted by Gasteiger charge is 2.06. The standard InChI is InChI=1S/C13H16FN3/c1-17(8-6-11-3-2-7-16-11)13-5-4-10(14)9-12(13)15/h2-5,7,9,16H,6,8,15H2,1H3. The van der Waals surface area contributed by atoms with Gasteiger partial charge in [0.05, 0.1) is 11.4 Å². The fourth-order valence-corrected chi connectivity index (χ4v) is 1.80. The van der Waals surface area contributed by atoms with Gasteiger partial charge in [-0.1, -0.05) is 0 Å². The summed E-state index contributed by atoms with van der Waals surface area (Å²) in [6.07, 6.45) is 2.81. The molecule has 0 atom stereocenters. The quantitative estimate of drug-likeness (QED) is 0.796. The van der Waals surface area contributed by atoms with Crippen LogP contribution in [0, 0.1) is 5.82 Å². The lowest BCUT2D eigenvalue weighted by molar-refractivity contribution is 0.628. The topological polar surface area (TPSA) is 45.0 Å². The molecule has 0 radical (unpaired) electrons. The van der Waals surface area contributed by atoms with E-state index in [0.717, 1.165) is 18.7 Å². The molecule has 0 spiro atoms. The SMILES string of the molecule is CN(CCc1ccc[nH]1)c1ccc(F)cc1N. The maximum Gasteiger partial charge on any atom is 0.125 e. The van der Waals surface area contributed by atoms with Gasteiger partial charge >= 0.3 is 0 Å². The Balaban J connectivity index is 2.01. The normalized spacial score (nSPS) is 10.5. The summed E-state index contributed by atoms with van der Waals surface area (Å²) in [7, 11) is 1.95. The third kappa shape index (κ3) is 2.78. The first-order valence-electron chi connectivity index (χ1n) is 5.55. The van der Waals surface area contributed by atoms with Crippen LogP contribution in [-0.4, -0.2) is 18.6 Å². The lowest BCUT2D eigenvalue weighted by Gasteiger charge is -2.20. The third-order valence-electron chi connectivity index (χ3n) is 2.78. The number of H-pyrrole nitrogens is 1. The maximum atomic E-state index is 12.9. The third-order valence-corrected chi connectivity index (χ3v) is 2.78. The van der Waals surface area contributed by atoms with Crippen molar-refractivity contribution in [2.24, 2.45) is 0 Å². The Hall–Kier alpha value is -1.97. The molecule has 0 saturated heterocycles. The van der Waals surface area contributed by atoms with Gasteiger partial charge in [-0.15, -0.1) is 0 Å². The van der Waals surface area contributed by atoms with Gasteiger partial charge in [0.1, 0.15) is 5.82 Å². The lowest BCUT2D eigenvalue weighted by atomic mass is 10.2. The molecule has 0 amide bonds. The second kappa shape index (κ2) is 4.91. The summed E-state index contributed by atoms with van der Waals surface area (Å²) in [5.74, 6) is -0.302. The predicted octanol–water partition coefficient (Wildman–Crippen LogP) is 2.41. The van der Waals surface area contributed by atoms with Crippen LogP contribution in [0.3, 0.4) is 0 Å². The van der Waals surface area contributed by atoms with Gasteiger partial charge in [0, 0.05) is 31.9 Å². The molecular formula is C13H16FN3. The lowest BCUT2D eigenvalue weighted by Crippen LogP contribution is -2.21. The highest BCUT2D eigenvalue weighted by Crippen LogP contribution is 2.22. The zero-order chi connectivity index (χ0) is 12.3. The first-order valence-corrected chi connectivity index (χ1v) is 5.55. The second-order valence-electron chi connectivity index (χ2n) is 4.07. The molecule has 1 heterocycles. The van der Waals surface area contributed by atoms with E-state index < -0.39 is 0 Å². The molecule has 1 aromatic carbocycles. The molecule has 3 N–H and O–H groups in total. The predicted molar refractivity (Wildman–Crippen MR) is 68.6 cm³/mol. The van der Waals surface area contributed by atoms with E-state index in [1.54, 1.807) is 6.07 Å². The van der Waals surface area contributed by atoms with Crippen LogP contribution < -0.4 is 10.6 Å². The number of halogens is 1. The number of likely N-dealkylation sites (N-methyl/N-ethyl adjacent to an activating group) is 1. The van der Waals surface area contributed by atoms with Crippen LogP contribution in [0.4, 0.5) is 15.8 Å². The number of hydrogen-bond donors (Lipinski definition) is 2. The zero-order valence-corrected chi connectivity index (χ0v) is 9.78. The first-order chi connectivity index (χ1) is 8.16. The molecule has 0 saturated carbocycles. The zero-order valence-electron chi connectivity index (χ0n) is 9.78. The number of benzene rings is 1. The molecule has 0 aliphatic rings. The number of anilines is 2. The van der Waals surface area contributed by atoms with Crippen LogP contribution in [0.15, 0.2) is 36.5 Å². The molecule has 90 valence electrons. The minimum absolute atomic E-state index is 0.302. The van der Waals surface area contributed by atoms with Gasteiger partial charge in [0.25, 0.3) is 0 Å². The van der Waals surface area contributed by atoms with E-state index >= 15 is 0 Å². The van der Waals surface area contributed by atoms with Gasteiger partial charge in [-0.25, -0.2) is 4.39 Å². The Morgan fingerprint density at radius 2 is 2.18 bits per heavy atom. The molecule has 0 fully saturated rings. The van der Waals surface area contributed by atoms with Crippen molar-refractivity contribution in [1.29, 1.82) is 0 Å². The van der Waals surface area contributed by atoms with Crippen molar-refractivity contribution >= 4 is 11.4 Å². The summed E-state index contributed by atoms with van der Waals surface area (Å²) < 4.78 is 12.9. The smallest absolute Gasteiger partial charge is 0.125 e. The average Bonchev–Trinajstić information content (AvgIpc) is 2.78. The number of nitrogens with zero attached hydrogens (tertiary/aromatic N) is 1. The molecule has 2 aromatic rings. The number of hydrogen-bond acceptors (Lipinski definition) is 2. The fraction of sp³-hybridized carbons (Fsp3) is 0.231. The number of aromatic nitrogens is 1. The molecule has 3 nitrogen and oxygen atoms in total. The van der Waals surface area contributed by atoms with E-state index in [2.05, 4.69) is 4.98 Å². The molecule has 4 heteroatoms. The molecule has 1 aromatic heterocycles. The number of nitrogens with one attached hydrogen (secondary N) is 1. The molecule has 2 rings (SSSR count). The van der Waals surface area contributed by atoms with E-state index in [0.29, 0.717) is 5.69 Å². The minimum Gasteiger partial charge on any atom is -0.397 e. The van der Waals surface area contributed by atoms with Crippen LogP contribution in [0.5, 0.6) is 0 Å². The summed E-state index contributed by atoms with van der Waals surface area (Å²) in [4.78, 5) is 5.17. The van der Waals surface area contributed by atoms with Gasteiger partial charge in [-0.05, 0) is 30.3 Å². The van der Waals surface area contributed by atoms with Gasteiger partial charge in [-0.2, -0.15) is 0 Å². The number of nitrogen functional groups attached to an aromatic ring is 1. The number of nitrogens with two attached hydrogens (primary N) is 1. The Labute approximate surface area is 100 Å². The largest absolute Gasteiger partial charge is 0.397 e. The van der Waals surface area contributed by atoms with Gasteiger partial charge in [0.15, 0.2) is 0 Å². The summed E-state index contributed by atoms with van der Waals surface area (Å²) in [6, 6.07) is 8.50. The molecule has 0 aliphatic carbocycles. The Morgan fingerprint density at radius 1 is 1.35 bits per heavy atom. The number of rotatable bonds is 4. The van der Waals surface area contributed by atoms with Gasteiger partial charge in [-0.3, -0.25) is 0 Å². The number of aromatic amines is 1.